The fraction of sp³-hybridized carbons (Fsp3) is 0.400. The number of nitrogens with one attached hydrogen (secondary N) is 1. The maximum absolute atomic E-state index is 13.2. The molecule has 1 aromatic carbocycles. The van der Waals surface area contributed by atoms with Crippen LogP contribution in [0.5, 0.6) is 0 Å². The average Bonchev–Trinajstić information content (AvgIpc) is 2.13. The first-order valence-corrected chi connectivity index (χ1v) is 5.75. The Bertz CT molecular complexity index is 344. The van der Waals surface area contributed by atoms with Crippen molar-refractivity contribution in [2.24, 2.45) is 0 Å². The van der Waals surface area contributed by atoms with Crippen LogP contribution in [0.2, 0.25) is 0 Å². The highest BCUT2D eigenvalue weighted by atomic mass is 127. The van der Waals surface area contributed by atoms with Gasteiger partial charge < -0.3 is 16.2 Å². The third kappa shape index (κ3) is 3.83. The molecule has 0 aromatic heterocycles. The topological polar surface area (TPSA) is 58.3 Å². The lowest BCUT2D eigenvalue weighted by Gasteiger charge is -2.11. The van der Waals surface area contributed by atoms with Crippen LogP contribution in [-0.2, 0) is 0 Å². The highest BCUT2D eigenvalue weighted by molar-refractivity contribution is 14.1. The number of hydrogen-bond donors (Lipinski definition) is 3. The van der Waals surface area contributed by atoms with Crippen molar-refractivity contribution in [1.29, 1.82) is 0 Å². The number of nitrogens with two attached hydrogens (primary N) is 1. The molecule has 0 radical (unpaired) electrons. The smallest absolute Gasteiger partial charge is 0.138 e. The van der Waals surface area contributed by atoms with Gasteiger partial charge in [-0.2, -0.15) is 0 Å². The second kappa shape index (κ2) is 5.50. The maximum atomic E-state index is 13.2. The fourth-order valence-electron chi connectivity index (χ4n) is 1.13. The van der Waals surface area contributed by atoms with E-state index >= 15 is 0 Å². The molecule has 1 aromatic rings. The predicted octanol–water partition coefficient (Wildman–Crippen LogP) is 2.20. The molecule has 1 unspecified atom stereocenters. The van der Waals surface area contributed by atoms with Crippen LogP contribution in [0.15, 0.2) is 12.1 Å². The summed E-state index contributed by atoms with van der Waals surface area (Å²) in [5.74, 6) is -0.288. The molecule has 0 saturated carbocycles. The third-order valence-corrected chi connectivity index (χ3v) is 2.80. The van der Waals surface area contributed by atoms with Crippen LogP contribution in [0, 0.1) is 9.39 Å². The minimum atomic E-state index is -0.368. The van der Waals surface area contributed by atoms with E-state index in [-0.39, 0.29) is 11.9 Å². The van der Waals surface area contributed by atoms with Crippen molar-refractivity contribution in [2.45, 2.75) is 19.4 Å². The van der Waals surface area contributed by atoms with Crippen LogP contribution in [0.4, 0.5) is 15.8 Å². The summed E-state index contributed by atoms with van der Waals surface area (Å²) in [4.78, 5) is 0. The molecule has 1 atom stereocenters. The number of hydrogen-bond acceptors (Lipinski definition) is 3. The van der Waals surface area contributed by atoms with Gasteiger partial charge in [0.05, 0.1) is 21.0 Å². The molecule has 0 amide bonds. The van der Waals surface area contributed by atoms with Crippen molar-refractivity contribution in [2.75, 3.05) is 17.6 Å². The molecule has 0 bridgehead atoms. The molecule has 15 heavy (non-hydrogen) atoms. The zero-order valence-corrected chi connectivity index (χ0v) is 10.6. The summed E-state index contributed by atoms with van der Waals surface area (Å²) in [6.07, 6.45) is 0.236. The number of halogens is 2. The lowest BCUT2D eigenvalue weighted by Crippen LogP contribution is -2.11. The van der Waals surface area contributed by atoms with Crippen molar-refractivity contribution in [3.05, 3.63) is 21.5 Å². The minimum Gasteiger partial charge on any atom is -0.397 e. The van der Waals surface area contributed by atoms with Crippen molar-refractivity contribution in [3.63, 3.8) is 0 Å². The highest BCUT2D eigenvalue weighted by Gasteiger charge is 2.05. The number of aliphatic hydroxyl groups excluding tert-OH is 1. The van der Waals surface area contributed by atoms with Crippen molar-refractivity contribution >= 4 is 34.0 Å². The summed E-state index contributed by atoms with van der Waals surface area (Å²) >= 11 is 1.89. The van der Waals surface area contributed by atoms with Gasteiger partial charge in [-0.05, 0) is 42.0 Å². The number of benzene rings is 1. The van der Waals surface area contributed by atoms with Gasteiger partial charge in [0.1, 0.15) is 5.82 Å². The maximum Gasteiger partial charge on any atom is 0.138 e. The summed E-state index contributed by atoms with van der Waals surface area (Å²) < 4.78 is 13.7. The Hall–Kier alpha value is -0.560. The monoisotopic (exact) mass is 324 g/mol. The number of aliphatic hydroxyl groups is 1. The first-order valence-electron chi connectivity index (χ1n) is 4.67. The molecule has 0 aliphatic rings. The molecule has 0 saturated heterocycles. The van der Waals surface area contributed by atoms with E-state index in [9.17, 15) is 4.39 Å². The highest BCUT2D eigenvalue weighted by Crippen LogP contribution is 2.23. The lowest BCUT2D eigenvalue weighted by molar-refractivity contribution is 0.189. The first-order chi connectivity index (χ1) is 7.00. The van der Waals surface area contributed by atoms with Crippen LogP contribution in [-0.4, -0.2) is 17.8 Å². The summed E-state index contributed by atoms with van der Waals surface area (Å²) in [6, 6.07) is 2.96. The van der Waals surface area contributed by atoms with E-state index in [0.29, 0.717) is 27.9 Å². The second-order valence-corrected chi connectivity index (χ2v) is 4.58. The molecule has 3 nitrogen and oxygen atoms in total. The van der Waals surface area contributed by atoms with Gasteiger partial charge in [-0.3, -0.25) is 0 Å². The Kier molecular flexibility index (Phi) is 4.59. The number of nitrogen functional groups attached to an aromatic ring is 1. The standard InChI is InChI=1S/C10H14FIN2O/c1-6(15)2-3-14-10-4-7(11)8(12)5-9(10)13/h4-6,14-15H,2-3,13H2,1H3. The average molecular weight is 324 g/mol. The van der Waals surface area contributed by atoms with Crippen molar-refractivity contribution < 1.29 is 9.50 Å². The summed E-state index contributed by atoms with van der Waals surface area (Å²) in [5, 5.41) is 12.0. The number of anilines is 2. The Morgan fingerprint density at radius 1 is 1.60 bits per heavy atom. The molecule has 0 fully saturated rings. The summed E-state index contributed by atoms with van der Waals surface area (Å²) in [6.45, 7) is 2.28. The Labute approximate surface area is 102 Å². The van der Waals surface area contributed by atoms with E-state index < -0.39 is 0 Å². The van der Waals surface area contributed by atoms with E-state index in [0.717, 1.165) is 0 Å². The van der Waals surface area contributed by atoms with Crippen LogP contribution in [0.1, 0.15) is 13.3 Å². The normalized spacial score (nSPS) is 12.5. The van der Waals surface area contributed by atoms with E-state index in [1.807, 2.05) is 22.6 Å². The predicted molar refractivity (Wildman–Crippen MR) is 68.3 cm³/mol. The fourth-order valence-corrected chi connectivity index (χ4v) is 1.62. The van der Waals surface area contributed by atoms with Crippen LogP contribution in [0.3, 0.4) is 0 Å². The molecule has 5 heteroatoms. The Balaban J connectivity index is 2.65. The van der Waals surface area contributed by atoms with E-state index in [4.69, 9.17) is 10.8 Å². The molecule has 84 valence electrons. The Morgan fingerprint density at radius 3 is 2.87 bits per heavy atom. The number of rotatable bonds is 4. The van der Waals surface area contributed by atoms with Gasteiger partial charge in [0.15, 0.2) is 0 Å². The summed E-state index contributed by atoms with van der Waals surface area (Å²) in [7, 11) is 0. The minimum absolute atomic E-state index is 0.288. The largest absolute Gasteiger partial charge is 0.397 e. The second-order valence-electron chi connectivity index (χ2n) is 3.42. The quantitative estimate of drug-likeness (QED) is 0.588. The van der Waals surface area contributed by atoms with Crippen molar-refractivity contribution in [1.82, 2.24) is 0 Å². The van der Waals surface area contributed by atoms with Crippen molar-refractivity contribution in [3.8, 4) is 0 Å². The molecule has 0 spiro atoms. The SMILES string of the molecule is CC(O)CCNc1cc(F)c(I)cc1N. The Morgan fingerprint density at radius 2 is 2.27 bits per heavy atom. The molecule has 0 aliphatic heterocycles. The lowest BCUT2D eigenvalue weighted by atomic mass is 10.2. The van der Waals surface area contributed by atoms with Crippen LogP contribution >= 0.6 is 22.6 Å². The zero-order valence-electron chi connectivity index (χ0n) is 8.43. The van der Waals surface area contributed by atoms with Gasteiger partial charge in [0.25, 0.3) is 0 Å². The molecule has 4 N–H and O–H groups in total. The molecular weight excluding hydrogens is 310 g/mol. The summed E-state index contributed by atoms with van der Waals surface area (Å²) in [5.41, 5.74) is 6.81. The van der Waals surface area contributed by atoms with Crippen LogP contribution < -0.4 is 11.1 Å². The van der Waals surface area contributed by atoms with Gasteiger partial charge in [-0.15, -0.1) is 0 Å². The van der Waals surface area contributed by atoms with Crippen LogP contribution in [0.25, 0.3) is 0 Å². The van der Waals surface area contributed by atoms with E-state index in [1.54, 1.807) is 13.0 Å². The van der Waals surface area contributed by atoms with E-state index in [1.165, 1.54) is 6.07 Å². The van der Waals surface area contributed by atoms with Gasteiger partial charge in [-0.1, -0.05) is 0 Å². The third-order valence-electron chi connectivity index (χ3n) is 1.97. The van der Waals surface area contributed by atoms with Gasteiger partial charge in [0.2, 0.25) is 0 Å². The molecule has 1 rings (SSSR count). The molecule has 0 heterocycles. The van der Waals surface area contributed by atoms with Gasteiger partial charge >= 0.3 is 0 Å². The van der Waals surface area contributed by atoms with Gasteiger partial charge in [-0.25, -0.2) is 4.39 Å². The molecular formula is C10H14FIN2O. The first kappa shape index (κ1) is 12.5. The van der Waals surface area contributed by atoms with Gasteiger partial charge in [0, 0.05) is 12.6 Å². The molecule has 0 aliphatic carbocycles. The zero-order chi connectivity index (χ0) is 11.4. The van der Waals surface area contributed by atoms with E-state index in [2.05, 4.69) is 5.32 Å².